The predicted octanol–water partition coefficient (Wildman–Crippen LogP) is 1.52. The van der Waals surface area contributed by atoms with Crippen LogP contribution in [0.4, 0.5) is 0 Å². The number of fused-ring (bicyclic) bond motifs is 2. The minimum atomic E-state index is 0.124. The van der Waals surface area contributed by atoms with Crippen LogP contribution in [0.15, 0.2) is 30.3 Å². The summed E-state index contributed by atoms with van der Waals surface area (Å²) >= 11 is 0. The predicted molar refractivity (Wildman–Crippen MR) is 83.9 cm³/mol. The molecule has 1 aromatic rings. The first-order valence-corrected chi connectivity index (χ1v) is 8.00. The lowest BCUT2D eigenvalue weighted by Crippen LogP contribution is -2.51. The van der Waals surface area contributed by atoms with Gasteiger partial charge in [0.1, 0.15) is 0 Å². The molecule has 2 bridgehead atoms. The fraction of sp³-hybridized carbons (Fsp3) is 0.588. The van der Waals surface area contributed by atoms with Crippen molar-refractivity contribution in [2.45, 2.75) is 50.4 Å². The summed E-state index contributed by atoms with van der Waals surface area (Å²) < 4.78 is 0. The molecule has 1 aromatic carbocycles. The van der Waals surface area contributed by atoms with Crippen LogP contribution in [0, 0.1) is 0 Å². The summed E-state index contributed by atoms with van der Waals surface area (Å²) in [6, 6.07) is 12.3. The Hall–Kier alpha value is -1.39. The first-order valence-electron chi connectivity index (χ1n) is 8.00. The number of likely N-dealkylation sites (N-methyl/N-ethyl adjacent to an activating group) is 1. The maximum Gasteiger partial charge on any atom is 0.234 e. The minimum Gasteiger partial charge on any atom is -0.352 e. The number of piperidine rings is 1. The second kappa shape index (κ2) is 6.58. The monoisotopic (exact) mass is 287 g/mol. The van der Waals surface area contributed by atoms with E-state index in [0.29, 0.717) is 24.7 Å². The molecule has 2 saturated heterocycles. The highest BCUT2D eigenvalue weighted by Gasteiger charge is 2.40. The van der Waals surface area contributed by atoms with Gasteiger partial charge in [0.05, 0.1) is 6.54 Å². The van der Waals surface area contributed by atoms with Gasteiger partial charge in [-0.25, -0.2) is 0 Å². The molecule has 1 amide bonds. The van der Waals surface area contributed by atoms with Crippen LogP contribution in [0.25, 0.3) is 0 Å². The zero-order valence-electron chi connectivity index (χ0n) is 12.7. The Morgan fingerprint density at radius 2 is 1.86 bits per heavy atom. The number of amides is 1. The van der Waals surface area contributed by atoms with Gasteiger partial charge in [-0.2, -0.15) is 0 Å². The molecule has 2 fully saturated rings. The Bertz CT molecular complexity index is 462. The molecular formula is C17H25N3O. The molecule has 2 N–H and O–H groups in total. The Morgan fingerprint density at radius 3 is 2.48 bits per heavy atom. The molecule has 0 radical (unpaired) electrons. The highest BCUT2D eigenvalue weighted by atomic mass is 16.1. The summed E-state index contributed by atoms with van der Waals surface area (Å²) in [5, 5.41) is 6.09. The summed E-state index contributed by atoms with van der Waals surface area (Å²) in [6.07, 6.45) is 4.74. The van der Waals surface area contributed by atoms with E-state index >= 15 is 0 Å². The van der Waals surface area contributed by atoms with Crippen molar-refractivity contribution >= 4 is 5.91 Å². The molecule has 0 saturated carbocycles. The van der Waals surface area contributed by atoms with Gasteiger partial charge in [0, 0.05) is 24.7 Å². The number of hydrogen-bond donors (Lipinski definition) is 2. The number of benzene rings is 1. The molecule has 114 valence electrons. The number of carbonyl (C=O) groups excluding carboxylic acids is 1. The SMILES string of the molecule is CNCC(=O)NC1CC2CCC(C1)N2Cc1ccccc1. The molecule has 4 heteroatoms. The van der Waals surface area contributed by atoms with E-state index in [1.165, 1.54) is 18.4 Å². The Morgan fingerprint density at radius 1 is 1.19 bits per heavy atom. The summed E-state index contributed by atoms with van der Waals surface area (Å²) in [6.45, 7) is 1.47. The molecule has 2 atom stereocenters. The van der Waals surface area contributed by atoms with Crippen LogP contribution < -0.4 is 10.6 Å². The number of hydrogen-bond acceptors (Lipinski definition) is 3. The number of rotatable bonds is 5. The van der Waals surface area contributed by atoms with E-state index in [1.807, 2.05) is 7.05 Å². The van der Waals surface area contributed by atoms with Gasteiger partial charge in [-0.1, -0.05) is 30.3 Å². The highest BCUT2D eigenvalue weighted by Crippen LogP contribution is 2.36. The molecule has 2 aliphatic rings. The third kappa shape index (κ3) is 3.44. The minimum absolute atomic E-state index is 0.124. The quantitative estimate of drug-likeness (QED) is 0.863. The lowest BCUT2D eigenvalue weighted by molar-refractivity contribution is -0.121. The molecule has 4 nitrogen and oxygen atoms in total. The Kier molecular flexibility index (Phi) is 4.56. The van der Waals surface area contributed by atoms with Crippen LogP contribution in [-0.4, -0.2) is 42.5 Å². The third-order valence-corrected chi connectivity index (χ3v) is 4.79. The third-order valence-electron chi connectivity index (χ3n) is 4.79. The van der Waals surface area contributed by atoms with E-state index in [1.54, 1.807) is 0 Å². The summed E-state index contributed by atoms with van der Waals surface area (Å²) in [5.41, 5.74) is 1.40. The van der Waals surface area contributed by atoms with Crippen LogP contribution in [0.5, 0.6) is 0 Å². The van der Waals surface area contributed by atoms with Crippen molar-refractivity contribution in [3.8, 4) is 0 Å². The maximum atomic E-state index is 11.7. The molecule has 2 heterocycles. The van der Waals surface area contributed by atoms with Crippen molar-refractivity contribution in [2.24, 2.45) is 0 Å². The van der Waals surface area contributed by atoms with Gasteiger partial charge in [-0.3, -0.25) is 9.69 Å². The number of nitrogens with zero attached hydrogens (tertiary/aromatic N) is 1. The first-order chi connectivity index (χ1) is 10.3. The van der Waals surface area contributed by atoms with Crippen molar-refractivity contribution in [1.82, 2.24) is 15.5 Å². The zero-order valence-corrected chi connectivity index (χ0v) is 12.7. The molecule has 3 rings (SSSR count). The van der Waals surface area contributed by atoms with Gasteiger partial charge in [0.25, 0.3) is 0 Å². The van der Waals surface area contributed by atoms with Gasteiger partial charge in [-0.15, -0.1) is 0 Å². The first kappa shape index (κ1) is 14.5. The van der Waals surface area contributed by atoms with Crippen molar-refractivity contribution in [3.63, 3.8) is 0 Å². The summed E-state index contributed by atoms with van der Waals surface area (Å²) in [4.78, 5) is 14.4. The Balaban J connectivity index is 1.58. The van der Waals surface area contributed by atoms with Crippen LogP contribution in [0.2, 0.25) is 0 Å². The van der Waals surface area contributed by atoms with Crippen molar-refractivity contribution < 1.29 is 4.79 Å². The van der Waals surface area contributed by atoms with Gasteiger partial charge < -0.3 is 10.6 Å². The van der Waals surface area contributed by atoms with Gasteiger partial charge in [-0.05, 0) is 38.3 Å². The highest BCUT2D eigenvalue weighted by molar-refractivity contribution is 5.78. The lowest BCUT2D eigenvalue weighted by atomic mass is 9.96. The molecule has 0 spiro atoms. The Labute approximate surface area is 126 Å². The molecule has 0 aromatic heterocycles. The van der Waals surface area contributed by atoms with E-state index < -0.39 is 0 Å². The van der Waals surface area contributed by atoms with E-state index in [4.69, 9.17) is 0 Å². The van der Waals surface area contributed by atoms with Crippen molar-refractivity contribution in [1.29, 1.82) is 0 Å². The van der Waals surface area contributed by atoms with Crippen LogP contribution in [0.3, 0.4) is 0 Å². The van der Waals surface area contributed by atoms with Crippen LogP contribution in [-0.2, 0) is 11.3 Å². The van der Waals surface area contributed by atoms with E-state index in [2.05, 4.69) is 45.9 Å². The second-order valence-corrected chi connectivity index (χ2v) is 6.31. The van der Waals surface area contributed by atoms with E-state index in [-0.39, 0.29) is 5.91 Å². The molecule has 2 aliphatic heterocycles. The normalized spacial score (nSPS) is 28.5. The fourth-order valence-corrected chi connectivity index (χ4v) is 3.88. The topological polar surface area (TPSA) is 44.4 Å². The second-order valence-electron chi connectivity index (χ2n) is 6.31. The van der Waals surface area contributed by atoms with Gasteiger partial charge in [0.2, 0.25) is 5.91 Å². The summed E-state index contributed by atoms with van der Waals surface area (Å²) in [5.74, 6) is 0.124. The molecular weight excluding hydrogens is 262 g/mol. The maximum absolute atomic E-state index is 11.7. The average molecular weight is 287 g/mol. The van der Waals surface area contributed by atoms with Gasteiger partial charge in [0.15, 0.2) is 0 Å². The van der Waals surface area contributed by atoms with Crippen molar-refractivity contribution in [3.05, 3.63) is 35.9 Å². The zero-order chi connectivity index (χ0) is 14.7. The standard InChI is InChI=1S/C17H25N3O/c1-18-11-17(21)19-14-9-15-7-8-16(10-14)20(15)12-13-5-3-2-4-6-13/h2-6,14-16,18H,7-12H2,1H3,(H,19,21). The number of carbonyl (C=O) groups is 1. The average Bonchev–Trinajstić information content (AvgIpc) is 2.71. The van der Waals surface area contributed by atoms with E-state index in [9.17, 15) is 4.79 Å². The smallest absolute Gasteiger partial charge is 0.234 e. The largest absolute Gasteiger partial charge is 0.352 e. The molecule has 21 heavy (non-hydrogen) atoms. The number of nitrogens with one attached hydrogen (secondary N) is 2. The molecule has 0 aliphatic carbocycles. The lowest BCUT2D eigenvalue weighted by Gasteiger charge is -2.39. The van der Waals surface area contributed by atoms with E-state index in [0.717, 1.165) is 19.4 Å². The van der Waals surface area contributed by atoms with Crippen LogP contribution >= 0.6 is 0 Å². The summed E-state index contributed by atoms with van der Waals surface area (Å²) in [7, 11) is 1.81. The van der Waals surface area contributed by atoms with Gasteiger partial charge >= 0.3 is 0 Å². The van der Waals surface area contributed by atoms with Crippen molar-refractivity contribution in [2.75, 3.05) is 13.6 Å². The molecule has 2 unspecified atom stereocenters. The fourth-order valence-electron chi connectivity index (χ4n) is 3.88. The van der Waals surface area contributed by atoms with Crippen LogP contribution in [0.1, 0.15) is 31.2 Å².